The predicted molar refractivity (Wildman–Crippen MR) is 94.5 cm³/mol. The molecule has 1 aliphatic rings. The number of hydrogen-bond acceptors (Lipinski definition) is 3. The molecule has 1 saturated heterocycles. The highest BCUT2D eigenvalue weighted by Gasteiger charge is 2.30. The molecule has 24 heavy (non-hydrogen) atoms. The SMILES string of the molecule is CC(=O)N1CCN(Cc2nccn2C(C)C)[C@@H](c2ccccc2)C1. The molecule has 5 nitrogen and oxygen atoms in total. The monoisotopic (exact) mass is 326 g/mol. The minimum absolute atomic E-state index is 0.152. The molecule has 0 saturated carbocycles. The van der Waals surface area contributed by atoms with Crippen LogP contribution in [0.25, 0.3) is 0 Å². The third-order valence-corrected chi connectivity index (χ3v) is 4.77. The van der Waals surface area contributed by atoms with Crippen LogP contribution in [0.15, 0.2) is 42.7 Å². The zero-order valence-corrected chi connectivity index (χ0v) is 14.7. The van der Waals surface area contributed by atoms with Gasteiger partial charge in [0, 0.05) is 45.0 Å². The van der Waals surface area contributed by atoms with Crippen LogP contribution in [-0.2, 0) is 11.3 Å². The molecule has 1 aromatic carbocycles. The third kappa shape index (κ3) is 3.51. The van der Waals surface area contributed by atoms with Gasteiger partial charge in [-0.1, -0.05) is 30.3 Å². The van der Waals surface area contributed by atoms with Gasteiger partial charge in [-0.25, -0.2) is 4.98 Å². The Balaban J connectivity index is 1.84. The average molecular weight is 326 g/mol. The Morgan fingerprint density at radius 3 is 2.67 bits per heavy atom. The number of hydrogen-bond donors (Lipinski definition) is 0. The Morgan fingerprint density at radius 2 is 2.00 bits per heavy atom. The molecule has 1 atom stereocenters. The first-order valence-corrected chi connectivity index (χ1v) is 8.62. The molecular formula is C19H26N4O. The number of carbonyl (C=O) groups excluding carboxylic acids is 1. The summed E-state index contributed by atoms with van der Waals surface area (Å²) in [5.74, 6) is 1.24. The molecule has 128 valence electrons. The van der Waals surface area contributed by atoms with E-state index in [4.69, 9.17) is 0 Å². The number of benzene rings is 1. The van der Waals surface area contributed by atoms with E-state index >= 15 is 0 Å². The highest BCUT2D eigenvalue weighted by Crippen LogP contribution is 2.27. The first-order valence-electron chi connectivity index (χ1n) is 8.62. The summed E-state index contributed by atoms with van der Waals surface area (Å²) in [6.45, 7) is 9.19. The van der Waals surface area contributed by atoms with E-state index in [9.17, 15) is 4.79 Å². The van der Waals surface area contributed by atoms with Gasteiger partial charge in [-0.05, 0) is 19.4 Å². The zero-order valence-electron chi connectivity index (χ0n) is 14.7. The second kappa shape index (κ2) is 7.18. The maximum Gasteiger partial charge on any atom is 0.219 e. The van der Waals surface area contributed by atoms with Gasteiger partial charge in [0.05, 0.1) is 12.6 Å². The minimum atomic E-state index is 0.152. The van der Waals surface area contributed by atoms with Crippen molar-refractivity contribution in [1.29, 1.82) is 0 Å². The first-order chi connectivity index (χ1) is 11.6. The van der Waals surface area contributed by atoms with E-state index < -0.39 is 0 Å². The van der Waals surface area contributed by atoms with Crippen molar-refractivity contribution in [3.8, 4) is 0 Å². The summed E-state index contributed by atoms with van der Waals surface area (Å²) in [5, 5.41) is 0. The molecule has 1 amide bonds. The third-order valence-electron chi connectivity index (χ3n) is 4.77. The molecule has 0 aliphatic carbocycles. The van der Waals surface area contributed by atoms with E-state index in [1.165, 1.54) is 5.56 Å². The maximum absolute atomic E-state index is 11.8. The van der Waals surface area contributed by atoms with E-state index in [1.807, 2.05) is 23.4 Å². The molecule has 0 bridgehead atoms. The summed E-state index contributed by atoms with van der Waals surface area (Å²) >= 11 is 0. The smallest absolute Gasteiger partial charge is 0.219 e. The van der Waals surface area contributed by atoms with Gasteiger partial charge >= 0.3 is 0 Å². The lowest BCUT2D eigenvalue weighted by Gasteiger charge is -2.41. The van der Waals surface area contributed by atoms with Crippen molar-refractivity contribution < 1.29 is 4.79 Å². The van der Waals surface area contributed by atoms with E-state index in [0.717, 1.165) is 32.0 Å². The van der Waals surface area contributed by atoms with Gasteiger partial charge in [0.25, 0.3) is 0 Å². The summed E-state index contributed by atoms with van der Waals surface area (Å²) in [4.78, 5) is 20.8. The Hall–Kier alpha value is -2.14. The number of piperazine rings is 1. The second-order valence-corrected chi connectivity index (χ2v) is 6.71. The number of imidazole rings is 1. The van der Waals surface area contributed by atoms with Crippen LogP contribution >= 0.6 is 0 Å². The number of aromatic nitrogens is 2. The van der Waals surface area contributed by atoms with Gasteiger partial charge in [-0.3, -0.25) is 9.69 Å². The van der Waals surface area contributed by atoms with Gasteiger partial charge in [-0.2, -0.15) is 0 Å². The summed E-state index contributed by atoms with van der Waals surface area (Å²) in [6.07, 6.45) is 3.92. The normalized spacial score (nSPS) is 19.0. The molecule has 2 aromatic rings. The van der Waals surface area contributed by atoms with Crippen molar-refractivity contribution in [2.45, 2.75) is 39.4 Å². The van der Waals surface area contributed by atoms with E-state index in [-0.39, 0.29) is 11.9 Å². The number of nitrogens with zero attached hydrogens (tertiary/aromatic N) is 4. The van der Waals surface area contributed by atoms with E-state index in [2.05, 4.69) is 52.6 Å². The number of carbonyl (C=O) groups is 1. The van der Waals surface area contributed by atoms with Crippen LogP contribution in [0.1, 0.15) is 44.2 Å². The number of rotatable bonds is 4. The lowest BCUT2D eigenvalue weighted by Crippen LogP contribution is -2.49. The van der Waals surface area contributed by atoms with E-state index in [1.54, 1.807) is 6.92 Å². The van der Waals surface area contributed by atoms with Crippen LogP contribution in [0.4, 0.5) is 0 Å². The van der Waals surface area contributed by atoms with Crippen molar-refractivity contribution in [1.82, 2.24) is 19.4 Å². The fraction of sp³-hybridized carbons (Fsp3) is 0.474. The molecule has 2 heterocycles. The Kier molecular flexibility index (Phi) is 5.00. The van der Waals surface area contributed by atoms with Gasteiger partial charge in [0.2, 0.25) is 5.91 Å². The van der Waals surface area contributed by atoms with Crippen molar-refractivity contribution in [2.24, 2.45) is 0 Å². The van der Waals surface area contributed by atoms with Crippen LogP contribution in [-0.4, -0.2) is 44.9 Å². The highest BCUT2D eigenvalue weighted by atomic mass is 16.2. The summed E-state index contributed by atoms with van der Waals surface area (Å²) in [7, 11) is 0. The Labute approximate surface area is 143 Å². The molecular weight excluding hydrogens is 300 g/mol. The molecule has 5 heteroatoms. The van der Waals surface area contributed by atoms with E-state index in [0.29, 0.717) is 6.04 Å². The zero-order chi connectivity index (χ0) is 17.1. The Bertz CT molecular complexity index is 680. The lowest BCUT2D eigenvalue weighted by atomic mass is 10.0. The van der Waals surface area contributed by atoms with Crippen molar-refractivity contribution in [3.05, 3.63) is 54.1 Å². The summed E-state index contributed by atoms with van der Waals surface area (Å²) < 4.78 is 2.22. The molecule has 1 fully saturated rings. The van der Waals surface area contributed by atoms with Gasteiger partial charge in [-0.15, -0.1) is 0 Å². The quantitative estimate of drug-likeness (QED) is 0.867. The second-order valence-electron chi connectivity index (χ2n) is 6.71. The molecule has 1 aliphatic heterocycles. The molecule has 3 rings (SSSR count). The van der Waals surface area contributed by atoms with Crippen LogP contribution in [0.3, 0.4) is 0 Å². The van der Waals surface area contributed by atoms with Crippen LogP contribution in [0.5, 0.6) is 0 Å². The minimum Gasteiger partial charge on any atom is -0.340 e. The Morgan fingerprint density at radius 1 is 1.25 bits per heavy atom. The van der Waals surface area contributed by atoms with Crippen LogP contribution < -0.4 is 0 Å². The fourth-order valence-electron chi connectivity index (χ4n) is 3.41. The topological polar surface area (TPSA) is 41.4 Å². The molecule has 1 aromatic heterocycles. The molecule has 0 N–H and O–H groups in total. The van der Waals surface area contributed by atoms with Gasteiger partial charge < -0.3 is 9.47 Å². The van der Waals surface area contributed by atoms with Gasteiger partial charge in [0.1, 0.15) is 5.82 Å². The molecule has 0 unspecified atom stereocenters. The molecule has 0 spiro atoms. The average Bonchev–Trinajstić information content (AvgIpc) is 3.04. The van der Waals surface area contributed by atoms with Crippen molar-refractivity contribution in [3.63, 3.8) is 0 Å². The fourth-order valence-corrected chi connectivity index (χ4v) is 3.41. The first kappa shape index (κ1) is 16.7. The predicted octanol–water partition coefficient (Wildman–Crippen LogP) is 2.87. The number of amides is 1. The summed E-state index contributed by atoms with van der Waals surface area (Å²) in [6, 6.07) is 11.1. The highest BCUT2D eigenvalue weighted by molar-refractivity contribution is 5.73. The molecule has 0 radical (unpaired) electrons. The maximum atomic E-state index is 11.8. The largest absolute Gasteiger partial charge is 0.340 e. The van der Waals surface area contributed by atoms with Crippen LogP contribution in [0.2, 0.25) is 0 Å². The lowest BCUT2D eigenvalue weighted by molar-refractivity contribution is -0.132. The van der Waals surface area contributed by atoms with Gasteiger partial charge in [0.15, 0.2) is 0 Å². The van der Waals surface area contributed by atoms with Crippen molar-refractivity contribution in [2.75, 3.05) is 19.6 Å². The van der Waals surface area contributed by atoms with Crippen LogP contribution in [0, 0.1) is 0 Å². The standard InChI is InChI=1S/C19H26N4O/c1-15(2)23-10-9-20-19(23)14-22-12-11-21(16(3)24)13-18(22)17-7-5-4-6-8-17/h4-10,15,18H,11-14H2,1-3H3/t18-/m1/s1. The van der Waals surface area contributed by atoms with Crippen molar-refractivity contribution >= 4 is 5.91 Å². The summed E-state index contributed by atoms with van der Waals surface area (Å²) in [5.41, 5.74) is 1.26.